The number of rotatable bonds is 9. The maximum absolute atomic E-state index is 3.63. The average molecular weight is 261 g/mol. The van der Waals surface area contributed by atoms with Crippen molar-refractivity contribution in [2.45, 2.75) is 47.0 Å². The average Bonchev–Trinajstić information content (AvgIpc) is 2.38. The summed E-state index contributed by atoms with van der Waals surface area (Å²) < 4.78 is 0. The minimum Gasteiger partial charge on any atom is -0.316 e. The molecule has 1 N–H and O–H groups in total. The van der Waals surface area contributed by atoms with Crippen LogP contribution < -0.4 is 5.32 Å². The molecule has 0 fully saturated rings. The first-order valence-electron chi connectivity index (χ1n) is 7.86. The second-order valence-electron chi connectivity index (χ2n) is 6.30. The Morgan fingerprint density at radius 3 is 2.11 bits per heavy atom. The van der Waals surface area contributed by atoms with Crippen LogP contribution in [0.25, 0.3) is 0 Å². The van der Waals surface area contributed by atoms with Crippen LogP contribution in [0.2, 0.25) is 0 Å². The zero-order chi connectivity index (χ0) is 14.1. The molecule has 0 aliphatic carbocycles. The molecular weight excluding hydrogens is 230 g/mol. The number of unbranched alkanes of at least 4 members (excludes halogenated alkanes) is 1. The molecule has 1 nitrogen and oxygen atoms in total. The van der Waals surface area contributed by atoms with Crippen molar-refractivity contribution in [2.75, 3.05) is 13.1 Å². The van der Waals surface area contributed by atoms with E-state index in [2.05, 4.69) is 63.3 Å². The zero-order valence-corrected chi connectivity index (χ0v) is 13.2. The number of hydrogen-bond donors (Lipinski definition) is 1. The minimum atomic E-state index is 0.775. The molecular formula is C18H31N. The Hall–Kier alpha value is -0.820. The number of benzene rings is 1. The normalized spacial score (nSPS) is 11.7. The maximum atomic E-state index is 3.63. The predicted octanol–water partition coefficient (Wildman–Crippen LogP) is 4.53. The fourth-order valence-corrected chi connectivity index (χ4v) is 2.73. The summed E-state index contributed by atoms with van der Waals surface area (Å²) in [6.07, 6.45) is 3.77. The topological polar surface area (TPSA) is 12.0 Å². The second kappa shape index (κ2) is 9.14. The fourth-order valence-electron chi connectivity index (χ4n) is 2.73. The lowest BCUT2D eigenvalue weighted by Crippen LogP contribution is -2.30. The monoisotopic (exact) mass is 261 g/mol. The lowest BCUT2D eigenvalue weighted by Gasteiger charge is -2.25. The summed E-state index contributed by atoms with van der Waals surface area (Å²) in [5.74, 6) is 2.35. The highest BCUT2D eigenvalue weighted by atomic mass is 14.9. The van der Waals surface area contributed by atoms with E-state index >= 15 is 0 Å². The largest absolute Gasteiger partial charge is 0.316 e. The smallest absolute Gasteiger partial charge is 0.00156 e. The third-order valence-electron chi connectivity index (χ3n) is 4.00. The number of nitrogens with one attached hydrogen (secondary N) is 1. The highest BCUT2D eigenvalue weighted by molar-refractivity contribution is 5.14. The maximum Gasteiger partial charge on any atom is -0.00156 e. The van der Waals surface area contributed by atoms with Crippen LogP contribution in [0, 0.1) is 17.8 Å². The molecule has 0 aromatic heterocycles. The van der Waals surface area contributed by atoms with Crippen LogP contribution in [0.1, 0.15) is 46.1 Å². The molecule has 0 atom stereocenters. The minimum absolute atomic E-state index is 0.775. The van der Waals surface area contributed by atoms with Crippen molar-refractivity contribution in [3.05, 3.63) is 35.9 Å². The van der Waals surface area contributed by atoms with Gasteiger partial charge < -0.3 is 5.32 Å². The third kappa shape index (κ3) is 6.77. The molecule has 0 saturated carbocycles. The van der Waals surface area contributed by atoms with Gasteiger partial charge in [-0.3, -0.25) is 0 Å². The van der Waals surface area contributed by atoms with Crippen LogP contribution in [0.4, 0.5) is 0 Å². The van der Waals surface area contributed by atoms with Gasteiger partial charge in [0.25, 0.3) is 0 Å². The Morgan fingerprint density at radius 2 is 1.53 bits per heavy atom. The zero-order valence-electron chi connectivity index (χ0n) is 13.2. The van der Waals surface area contributed by atoms with Crippen molar-refractivity contribution >= 4 is 0 Å². The van der Waals surface area contributed by atoms with Crippen LogP contribution in [0.3, 0.4) is 0 Å². The Labute approximate surface area is 119 Å². The van der Waals surface area contributed by atoms with E-state index in [4.69, 9.17) is 0 Å². The summed E-state index contributed by atoms with van der Waals surface area (Å²) in [5.41, 5.74) is 1.46. The van der Waals surface area contributed by atoms with Crippen molar-refractivity contribution in [3.63, 3.8) is 0 Å². The molecule has 0 aliphatic rings. The molecule has 0 bridgehead atoms. The van der Waals surface area contributed by atoms with Gasteiger partial charge in [0.2, 0.25) is 0 Å². The van der Waals surface area contributed by atoms with Crippen molar-refractivity contribution in [1.82, 2.24) is 5.32 Å². The molecule has 0 spiro atoms. The third-order valence-corrected chi connectivity index (χ3v) is 4.00. The van der Waals surface area contributed by atoms with Crippen LogP contribution in [-0.2, 0) is 6.42 Å². The van der Waals surface area contributed by atoms with E-state index in [1.807, 2.05) is 0 Å². The Morgan fingerprint density at radius 1 is 0.895 bits per heavy atom. The van der Waals surface area contributed by atoms with E-state index in [9.17, 15) is 0 Å². The number of aryl methyl sites for hydroxylation is 1. The van der Waals surface area contributed by atoms with E-state index in [0.717, 1.165) is 24.3 Å². The summed E-state index contributed by atoms with van der Waals surface area (Å²) in [6, 6.07) is 10.8. The molecule has 0 saturated heterocycles. The summed E-state index contributed by atoms with van der Waals surface area (Å²) in [6.45, 7) is 11.7. The summed E-state index contributed by atoms with van der Waals surface area (Å²) in [5, 5.41) is 3.63. The van der Waals surface area contributed by atoms with Crippen LogP contribution in [0.5, 0.6) is 0 Å². The van der Waals surface area contributed by atoms with Gasteiger partial charge in [0.15, 0.2) is 0 Å². The van der Waals surface area contributed by atoms with Crippen LogP contribution >= 0.6 is 0 Å². The second-order valence-corrected chi connectivity index (χ2v) is 6.30. The van der Waals surface area contributed by atoms with Gasteiger partial charge in [0.05, 0.1) is 0 Å². The van der Waals surface area contributed by atoms with Crippen LogP contribution in [-0.4, -0.2) is 13.1 Å². The van der Waals surface area contributed by atoms with Crippen molar-refractivity contribution < 1.29 is 0 Å². The molecule has 0 radical (unpaired) electrons. The highest BCUT2D eigenvalue weighted by Crippen LogP contribution is 2.19. The Kier molecular flexibility index (Phi) is 7.81. The van der Waals surface area contributed by atoms with Crippen molar-refractivity contribution in [1.29, 1.82) is 0 Å². The molecule has 19 heavy (non-hydrogen) atoms. The van der Waals surface area contributed by atoms with E-state index in [1.54, 1.807) is 0 Å². The summed E-state index contributed by atoms with van der Waals surface area (Å²) in [7, 11) is 0. The molecule has 1 rings (SSSR count). The molecule has 0 unspecified atom stereocenters. The first-order valence-corrected chi connectivity index (χ1v) is 7.86. The van der Waals surface area contributed by atoms with Gasteiger partial charge in [-0.05, 0) is 55.7 Å². The van der Waals surface area contributed by atoms with Crippen LogP contribution in [0.15, 0.2) is 30.3 Å². The Bertz CT molecular complexity index is 308. The lowest BCUT2D eigenvalue weighted by molar-refractivity contribution is 0.276. The van der Waals surface area contributed by atoms with Gasteiger partial charge in [0.1, 0.15) is 0 Å². The first-order chi connectivity index (χ1) is 9.11. The highest BCUT2D eigenvalue weighted by Gasteiger charge is 2.16. The van der Waals surface area contributed by atoms with Gasteiger partial charge in [-0.15, -0.1) is 0 Å². The van der Waals surface area contributed by atoms with Gasteiger partial charge in [-0.1, -0.05) is 58.0 Å². The molecule has 1 heteroatoms. The SMILES string of the molecule is CC(C)C(CNCCCCc1ccccc1)C(C)C. The molecule has 1 aromatic carbocycles. The van der Waals surface area contributed by atoms with E-state index in [0.29, 0.717) is 0 Å². The Balaban J connectivity index is 2.08. The van der Waals surface area contributed by atoms with Crippen molar-refractivity contribution in [2.24, 2.45) is 17.8 Å². The molecule has 1 aromatic rings. The van der Waals surface area contributed by atoms with Gasteiger partial charge in [-0.25, -0.2) is 0 Å². The molecule has 0 amide bonds. The molecule has 108 valence electrons. The fraction of sp³-hybridized carbons (Fsp3) is 0.667. The van der Waals surface area contributed by atoms with Gasteiger partial charge >= 0.3 is 0 Å². The van der Waals surface area contributed by atoms with Gasteiger partial charge in [-0.2, -0.15) is 0 Å². The van der Waals surface area contributed by atoms with E-state index in [-0.39, 0.29) is 0 Å². The molecule has 0 aliphatic heterocycles. The molecule has 0 heterocycles. The van der Waals surface area contributed by atoms with Gasteiger partial charge in [0, 0.05) is 0 Å². The van der Waals surface area contributed by atoms with Crippen molar-refractivity contribution in [3.8, 4) is 0 Å². The summed E-state index contributed by atoms with van der Waals surface area (Å²) in [4.78, 5) is 0. The quantitative estimate of drug-likeness (QED) is 0.644. The lowest BCUT2D eigenvalue weighted by atomic mass is 9.85. The number of hydrogen-bond acceptors (Lipinski definition) is 1. The van der Waals surface area contributed by atoms with E-state index < -0.39 is 0 Å². The van der Waals surface area contributed by atoms with E-state index in [1.165, 1.54) is 31.4 Å². The first kappa shape index (κ1) is 16.2. The predicted molar refractivity (Wildman–Crippen MR) is 85.4 cm³/mol. The standard InChI is InChI=1S/C18H31N/c1-15(2)18(16(3)4)14-19-13-9-8-12-17-10-6-5-7-11-17/h5-7,10-11,15-16,18-19H,8-9,12-14H2,1-4H3. The summed E-state index contributed by atoms with van der Waals surface area (Å²) >= 11 is 0.